The summed E-state index contributed by atoms with van der Waals surface area (Å²) in [5, 5.41) is 18.4. The molecule has 3 N–H and O–H groups in total. The van der Waals surface area contributed by atoms with Crippen molar-refractivity contribution in [1.29, 1.82) is 0 Å². The van der Waals surface area contributed by atoms with E-state index in [0.29, 0.717) is 5.92 Å². The highest BCUT2D eigenvalue weighted by atomic mass is 16.3. The van der Waals surface area contributed by atoms with Gasteiger partial charge in [-0.3, -0.25) is 9.59 Å². The molecule has 6 nitrogen and oxygen atoms in total. The molecule has 1 fully saturated rings. The van der Waals surface area contributed by atoms with E-state index < -0.39 is 5.54 Å². The Labute approximate surface area is 111 Å². The van der Waals surface area contributed by atoms with Gasteiger partial charge in [-0.15, -0.1) is 0 Å². The van der Waals surface area contributed by atoms with Crippen LogP contribution in [0.25, 0.3) is 0 Å². The Hall–Kier alpha value is -1.69. The second kappa shape index (κ2) is 5.52. The van der Waals surface area contributed by atoms with Crippen molar-refractivity contribution in [1.82, 2.24) is 15.5 Å². The molecule has 0 spiro atoms. The second-order valence-corrected chi connectivity index (χ2v) is 5.40. The Kier molecular flexibility index (Phi) is 3.99. The Balaban J connectivity index is 2.11. The molecule has 2 unspecified atom stereocenters. The molecular weight excluding hydrogens is 246 g/mol. The van der Waals surface area contributed by atoms with E-state index in [1.165, 1.54) is 12.1 Å². The maximum absolute atomic E-state index is 12.1. The predicted octanol–water partition coefficient (Wildman–Crippen LogP) is 0.441. The number of hydrogen-bond acceptors (Lipinski definition) is 4. The monoisotopic (exact) mass is 265 g/mol. The van der Waals surface area contributed by atoms with Gasteiger partial charge < -0.3 is 10.4 Å². The van der Waals surface area contributed by atoms with Gasteiger partial charge >= 0.3 is 0 Å². The molecule has 6 heteroatoms. The third-order valence-electron chi connectivity index (χ3n) is 3.68. The Bertz CT molecular complexity index is 494. The van der Waals surface area contributed by atoms with Gasteiger partial charge in [0.2, 0.25) is 0 Å². The fraction of sp³-hybridized carbons (Fsp3) is 0.615. The molecule has 1 aliphatic carbocycles. The summed E-state index contributed by atoms with van der Waals surface area (Å²) in [7, 11) is 0. The Morgan fingerprint density at radius 2 is 2.42 bits per heavy atom. The van der Waals surface area contributed by atoms with Crippen LogP contribution >= 0.6 is 0 Å². The van der Waals surface area contributed by atoms with Crippen LogP contribution in [0.4, 0.5) is 0 Å². The smallest absolute Gasteiger partial charge is 0.272 e. The summed E-state index contributed by atoms with van der Waals surface area (Å²) < 4.78 is 0. The van der Waals surface area contributed by atoms with E-state index in [1.54, 1.807) is 0 Å². The molecule has 0 radical (unpaired) electrons. The number of carbonyl (C=O) groups is 1. The van der Waals surface area contributed by atoms with E-state index in [1.807, 2.05) is 0 Å². The van der Waals surface area contributed by atoms with Crippen LogP contribution in [0.1, 0.15) is 43.1 Å². The molecule has 19 heavy (non-hydrogen) atoms. The maximum Gasteiger partial charge on any atom is 0.272 e. The summed E-state index contributed by atoms with van der Waals surface area (Å²) in [5.41, 5.74) is -0.752. The molecule has 104 valence electrons. The van der Waals surface area contributed by atoms with Gasteiger partial charge in [-0.25, -0.2) is 5.10 Å². The molecule has 1 aromatic heterocycles. The molecule has 1 aliphatic rings. The van der Waals surface area contributed by atoms with Crippen LogP contribution in [0.2, 0.25) is 0 Å². The lowest BCUT2D eigenvalue weighted by molar-refractivity contribution is 0.0692. The zero-order chi connectivity index (χ0) is 13.9. The highest BCUT2D eigenvalue weighted by molar-refractivity contribution is 5.92. The highest BCUT2D eigenvalue weighted by Gasteiger charge is 2.36. The van der Waals surface area contributed by atoms with Crippen molar-refractivity contribution in [2.24, 2.45) is 5.92 Å². The van der Waals surface area contributed by atoms with Crippen LogP contribution in [0.3, 0.4) is 0 Å². The number of H-pyrrole nitrogens is 1. The van der Waals surface area contributed by atoms with Gasteiger partial charge in [0.05, 0.1) is 12.1 Å². The highest BCUT2D eigenvalue weighted by Crippen LogP contribution is 2.32. The summed E-state index contributed by atoms with van der Waals surface area (Å²) in [4.78, 5) is 23.0. The molecule has 2 atom stereocenters. The largest absolute Gasteiger partial charge is 0.394 e. The number of aromatic nitrogens is 2. The summed E-state index contributed by atoms with van der Waals surface area (Å²) in [6, 6.07) is 2.64. The Morgan fingerprint density at radius 1 is 1.63 bits per heavy atom. The lowest BCUT2D eigenvalue weighted by Gasteiger charge is -2.39. The van der Waals surface area contributed by atoms with Crippen LogP contribution in [0.15, 0.2) is 16.9 Å². The number of nitrogens with zero attached hydrogens (tertiary/aromatic N) is 1. The van der Waals surface area contributed by atoms with E-state index in [9.17, 15) is 14.7 Å². The minimum atomic E-state index is -0.563. The fourth-order valence-electron chi connectivity index (χ4n) is 2.73. The lowest BCUT2D eigenvalue weighted by atomic mass is 9.77. The molecule has 0 aromatic carbocycles. The minimum Gasteiger partial charge on any atom is -0.394 e. The minimum absolute atomic E-state index is 0.0770. The van der Waals surface area contributed by atoms with Crippen LogP contribution in [-0.2, 0) is 0 Å². The van der Waals surface area contributed by atoms with Gasteiger partial charge in [-0.05, 0) is 24.8 Å². The molecule has 1 heterocycles. The third-order valence-corrected chi connectivity index (χ3v) is 3.68. The molecule has 0 bridgehead atoms. The first-order valence-corrected chi connectivity index (χ1v) is 6.54. The number of nitrogens with one attached hydrogen (secondary N) is 2. The molecule has 1 amide bonds. The van der Waals surface area contributed by atoms with E-state index in [-0.39, 0.29) is 23.8 Å². The fourth-order valence-corrected chi connectivity index (χ4v) is 2.73. The van der Waals surface area contributed by atoms with Crippen molar-refractivity contribution in [3.05, 3.63) is 28.2 Å². The molecule has 2 rings (SSSR count). The number of aromatic amines is 1. The number of aliphatic hydroxyl groups is 1. The first kappa shape index (κ1) is 13.7. The lowest BCUT2D eigenvalue weighted by Crippen LogP contribution is -2.54. The van der Waals surface area contributed by atoms with E-state index in [4.69, 9.17) is 0 Å². The Morgan fingerprint density at radius 3 is 3.00 bits per heavy atom. The number of carbonyl (C=O) groups excluding carboxylic acids is 1. The van der Waals surface area contributed by atoms with Crippen molar-refractivity contribution >= 4 is 5.91 Å². The zero-order valence-electron chi connectivity index (χ0n) is 11.0. The van der Waals surface area contributed by atoms with Crippen molar-refractivity contribution < 1.29 is 9.90 Å². The van der Waals surface area contributed by atoms with E-state index in [0.717, 1.165) is 25.7 Å². The number of rotatable bonds is 3. The van der Waals surface area contributed by atoms with Gasteiger partial charge in [0.1, 0.15) is 5.69 Å². The van der Waals surface area contributed by atoms with Crippen LogP contribution in [0, 0.1) is 5.92 Å². The topological polar surface area (TPSA) is 95.1 Å². The van der Waals surface area contributed by atoms with E-state index in [2.05, 4.69) is 22.4 Å². The molecule has 1 aromatic rings. The van der Waals surface area contributed by atoms with Crippen molar-refractivity contribution in [3.63, 3.8) is 0 Å². The van der Waals surface area contributed by atoms with Crippen molar-refractivity contribution in [2.45, 2.75) is 38.1 Å². The van der Waals surface area contributed by atoms with Gasteiger partial charge in [0, 0.05) is 6.07 Å². The molecule has 0 aliphatic heterocycles. The molecule has 1 saturated carbocycles. The summed E-state index contributed by atoms with van der Waals surface area (Å²) >= 11 is 0. The van der Waals surface area contributed by atoms with Crippen LogP contribution in [-0.4, -0.2) is 33.4 Å². The van der Waals surface area contributed by atoms with Gasteiger partial charge in [0.15, 0.2) is 0 Å². The van der Waals surface area contributed by atoms with Gasteiger partial charge in [-0.2, -0.15) is 5.10 Å². The van der Waals surface area contributed by atoms with E-state index >= 15 is 0 Å². The average Bonchev–Trinajstić information content (AvgIpc) is 2.39. The first-order chi connectivity index (χ1) is 9.04. The third kappa shape index (κ3) is 3.20. The summed E-state index contributed by atoms with van der Waals surface area (Å²) in [6.07, 6.45) is 3.64. The van der Waals surface area contributed by atoms with Crippen molar-refractivity contribution in [3.8, 4) is 0 Å². The van der Waals surface area contributed by atoms with Crippen LogP contribution < -0.4 is 10.9 Å². The number of amides is 1. The standard InChI is InChI=1S/C13H19N3O3/c1-9-3-2-6-13(7-9,8-17)14-12(19)10-4-5-11(18)16-15-10/h4-5,9,17H,2-3,6-8H2,1H3,(H,14,19)(H,16,18). The first-order valence-electron chi connectivity index (χ1n) is 6.54. The van der Waals surface area contributed by atoms with Crippen LogP contribution in [0.5, 0.6) is 0 Å². The predicted molar refractivity (Wildman–Crippen MR) is 69.8 cm³/mol. The average molecular weight is 265 g/mol. The second-order valence-electron chi connectivity index (χ2n) is 5.40. The summed E-state index contributed by atoms with van der Waals surface area (Å²) in [5.74, 6) is 0.115. The zero-order valence-corrected chi connectivity index (χ0v) is 11.0. The normalized spacial score (nSPS) is 26.9. The quantitative estimate of drug-likeness (QED) is 0.739. The number of hydrogen-bond donors (Lipinski definition) is 3. The molecule has 0 saturated heterocycles. The number of aliphatic hydroxyl groups excluding tert-OH is 1. The van der Waals surface area contributed by atoms with Gasteiger partial charge in [0.25, 0.3) is 11.5 Å². The summed E-state index contributed by atoms with van der Waals surface area (Å²) in [6.45, 7) is 2.04. The SMILES string of the molecule is CC1CCCC(CO)(NC(=O)c2ccc(=O)[nH]n2)C1. The maximum atomic E-state index is 12.1. The molecular formula is C13H19N3O3. The van der Waals surface area contributed by atoms with Crippen molar-refractivity contribution in [2.75, 3.05) is 6.61 Å². The van der Waals surface area contributed by atoms with Gasteiger partial charge in [-0.1, -0.05) is 19.8 Å².